The van der Waals surface area contributed by atoms with Crippen LogP contribution in [0.5, 0.6) is 0 Å². The fraction of sp³-hybridized carbons (Fsp3) is 0.619. The molecule has 1 aromatic rings. The topological polar surface area (TPSA) is 21.3 Å². The molecule has 0 aromatic heterocycles. The van der Waals surface area contributed by atoms with Crippen molar-refractivity contribution >= 4 is 6.08 Å². The summed E-state index contributed by atoms with van der Waals surface area (Å²) in [5.74, 6) is 0.701. The van der Waals surface area contributed by atoms with Gasteiger partial charge < -0.3 is 10.1 Å². The molecule has 1 aromatic carbocycles. The molecule has 0 aliphatic carbocycles. The molecule has 2 nitrogen and oxygen atoms in total. The largest absolute Gasteiger partial charge is 0.376 e. The van der Waals surface area contributed by atoms with Gasteiger partial charge in [-0.25, -0.2) is 0 Å². The molecule has 1 N–H and O–H groups in total. The molecule has 1 atom stereocenters. The van der Waals surface area contributed by atoms with E-state index in [2.05, 4.69) is 75.5 Å². The Hall–Kier alpha value is -1.12. The minimum Gasteiger partial charge on any atom is -0.376 e. The fourth-order valence-corrected chi connectivity index (χ4v) is 3.79. The molecule has 1 saturated heterocycles. The van der Waals surface area contributed by atoms with Gasteiger partial charge >= 0.3 is 0 Å². The lowest BCUT2D eigenvalue weighted by atomic mass is 9.65. The van der Waals surface area contributed by atoms with Crippen LogP contribution in [0, 0.1) is 11.3 Å². The van der Waals surface area contributed by atoms with Gasteiger partial charge in [0.15, 0.2) is 0 Å². The first-order valence-corrected chi connectivity index (χ1v) is 9.00. The van der Waals surface area contributed by atoms with E-state index in [-0.39, 0.29) is 5.60 Å². The van der Waals surface area contributed by atoms with Gasteiger partial charge in [0.2, 0.25) is 0 Å². The summed E-state index contributed by atoms with van der Waals surface area (Å²) in [7, 11) is 0. The lowest BCUT2D eigenvalue weighted by Gasteiger charge is -2.48. The maximum Gasteiger partial charge on any atom is 0.0631 e. The Morgan fingerprint density at radius 1 is 1.22 bits per heavy atom. The van der Waals surface area contributed by atoms with Crippen molar-refractivity contribution in [2.45, 2.75) is 52.6 Å². The van der Waals surface area contributed by atoms with E-state index in [1.54, 1.807) is 0 Å². The van der Waals surface area contributed by atoms with Crippen LogP contribution in [0.25, 0.3) is 6.08 Å². The first-order valence-electron chi connectivity index (χ1n) is 9.00. The lowest BCUT2D eigenvalue weighted by molar-refractivity contribution is -0.120. The highest BCUT2D eigenvalue weighted by molar-refractivity contribution is 5.48. The number of rotatable bonds is 7. The minimum absolute atomic E-state index is 0.0235. The summed E-state index contributed by atoms with van der Waals surface area (Å²) >= 11 is 0. The van der Waals surface area contributed by atoms with Crippen molar-refractivity contribution in [3.63, 3.8) is 0 Å². The Kier molecular flexibility index (Phi) is 6.43. The number of benzene rings is 1. The van der Waals surface area contributed by atoms with Crippen molar-refractivity contribution in [2.24, 2.45) is 11.3 Å². The molecule has 1 fully saturated rings. The van der Waals surface area contributed by atoms with Crippen molar-refractivity contribution in [1.82, 2.24) is 5.32 Å². The Balaban J connectivity index is 1.78. The molecule has 0 spiro atoms. The minimum atomic E-state index is 0.0235. The molecule has 1 aliphatic rings. The van der Waals surface area contributed by atoms with Gasteiger partial charge in [0.05, 0.1) is 5.60 Å². The molecule has 2 heteroatoms. The van der Waals surface area contributed by atoms with Crippen LogP contribution in [0.4, 0.5) is 0 Å². The Morgan fingerprint density at radius 2 is 1.96 bits per heavy atom. The third-order valence-electron chi connectivity index (χ3n) is 5.27. The summed E-state index contributed by atoms with van der Waals surface area (Å²) < 4.78 is 5.93. The number of hydrogen-bond acceptors (Lipinski definition) is 2. The smallest absolute Gasteiger partial charge is 0.0631 e. The molecule has 1 heterocycles. The van der Waals surface area contributed by atoms with E-state index < -0.39 is 0 Å². The van der Waals surface area contributed by atoms with E-state index in [0.29, 0.717) is 11.3 Å². The van der Waals surface area contributed by atoms with Gasteiger partial charge in [-0.15, -0.1) is 0 Å². The highest BCUT2D eigenvalue weighted by atomic mass is 16.5. The van der Waals surface area contributed by atoms with E-state index >= 15 is 0 Å². The van der Waals surface area contributed by atoms with E-state index in [4.69, 9.17) is 4.74 Å². The van der Waals surface area contributed by atoms with Gasteiger partial charge in [-0.1, -0.05) is 56.3 Å². The monoisotopic (exact) mass is 315 g/mol. The molecule has 0 bridgehead atoms. The van der Waals surface area contributed by atoms with Crippen molar-refractivity contribution in [3.05, 3.63) is 42.0 Å². The zero-order valence-electron chi connectivity index (χ0n) is 15.3. The van der Waals surface area contributed by atoms with Crippen LogP contribution >= 0.6 is 0 Å². The van der Waals surface area contributed by atoms with Gasteiger partial charge in [0.25, 0.3) is 0 Å². The first-order chi connectivity index (χ1) is 10.9. The van der Waals surface area contributed by atoms with Gasteiger partial charge in [-0.05, 0) is 56.6 Å². The summed E-state index contributed by atoms with van der Waals surface area (Å²) in [5, 5.41) is 3.58. The first kappa shape index (κ1) is 18.2. The number of nitrogens with one attached hydrogen (secondary N) is 1. The SMILES string of the molecule is CC(C)[C@]1(CCNCC=Cc2ccccc2)CCOC(C)(C)C1. The number of ether oxygens (including phenoxy) is 1. The summed E-state index contributed by atoms with van der Waals surface area (Å²) in [6.07, 6.45) is 7.99. The Labute approximate surface area is 142 Å². The van der Waals surface area contributed by atoms with Gasteiger partial charge in [-0.2, -0.15) is 0 Å². The molecule has 128 valence electrons. The molecule has 2 rings (SSSR count). The highest BCUT2D eigenvalue weighted by Crippen LogP contribution is 2.46. The van der Waals surface area contributed by atoms with Crippen LogP contribution in [0.2, 0.25) is 0 Å². The predicted molar refractivity (Wildman–Crippen MR) is 99.5 cm³/mol. The Morgan fingerprint density at radius 3 is 2.61 bits per heavy atom. The van der Waals surface area contributed by atoms with Crippen molar-refractivity contribution in [3.8, 4) is 0 Å². The summed E-state index contributed by atoms with van der Waals surface area (Å²) in [4.78, 5) is 0. The maximum atomic E-state index is 5.93. The van der Waals surface area contributed by atoms with Crippen LogP contribution in [0.1, 0.15) is 52.5 Å². The van der Waals surface area contributed by atoms with Crippen molar-refractivity contribution in [2.75, 3.05) is 19.7 Å². The normalized spacial score (nSPS) is 24.4. The van der Waals surface area contributed by atoms with E-state index in [0.717, 1.165) is 19.7 Å². The van der Waals surface area contributed by atoms with Crippen LogP contribution in [-0.2, 0) is 4.74 Å². The summed E-state index contributed by atoms with van der Waals surface area (Å²) in [5.41, 5.74) is 1.70. The van der Waals surface area contributed by atoms with E-state index in [1.165, 1.54) is 24.8 Å². The standard InChI is InChI=1S/C21H33NO/c1-18(2)21(13-16-23-20(3,4)17-21)12-15-22-14-8-11-19-9-6-5-7-10-19/h5-11,18,22H,12-17H2,1-4H3/t21-/m1/s1. The molecule has 1 aliphatic heterocycles. The average Bonchev–Trinajstić information content (AvgIpc) is 2.50. The average molecular weight is 316 g/mol. The van der Waals surface area contributed by atoms with Gasteiger partial charge in [-0.3, -0.25) is 0 Å². The second-order valence-electron chi connectivity index (χ2n) is 7.82. The second-order valence-corrected chi connectivity index (χ2v) is 7.82. The molecule has 23 heavy (non-hydrogen) atoms. The van der Waals surface area contributed by atoms with E-state index in [1.807, 2.05) is 0 Å². The third-order valence-corrected chi connectivity index (χ3v) is 5.27. The molecule has 0 unspecified atom stereocenters. The van der Waals surface area contributed by atoms with E-state index in [9.17, 15) is 0 Å². The van der Waals surface area contributed by atoms with Crippen molar-refractivity contribution < 1.29 is 4.74 Å². The molecule has 0 amide bonds. The number of hydrogen-bond donors (Lipinski definition) is 1. The fourth-order valence-electron chi connectivity index (χ4n) is 3.79. The Bertz CT molecular complexity index is 492. The van der Waals surface area contributed by atoms with Gasteiger partial charge in [0.1, 0.15) is 0 Å². The quantitative estimate of drug-likeness (QED) is 0.722. The summed E-state index contributed by atoms with van der Waals surface area (Å²) in [6, 6.07) is 10.5. The third kappa shape index (κ3) is 5.47. The summed E-state index contributed by atoms with van der Waals surface area (Å²) in [6.45, 7) is 12.1. The molecule has 0 saturated carbocycles. The molecular formula is C21H33NO. The molecular weight excluding hydrogens is 282 g/mol. The predicted octanol–water partition coefficient (Wildman–Crippen LogP) is 4.91. The van der Waals surface area contributed by atoms with Gasteiger partial charge in [0, 0.05) is 13.2 Å². The highest BCUT2D eigenvalue weighted by Gasteiger charge is 2.42. The molecule has 0 radical (unpaired) electrons. The van der Waals surface area contributed by atoms with Crippen LogP contribution < -0.4 is 5.32 Å². The van der Waals surface area contributed by atoms with Crippen LogP contribution in [0.3, 0.4) is 0 Å². The zero-order chi connectivity index (χ0) is 16.8. The van der Waals surface area contributed by atoms with Crippen LogP contribution in [0.15, 0.2) is 36.4 Å². The maximum absolute atomic E-state index is 5.93. The van der Waals surface area contributed by atoms with Crippen molar-refractivity contribution in [1.29, 1.82) is 0 Å². The second kappa shape index (κ2) is 8.12. The van der Waals surface area contributed by atoms with Crippen LogP contribution in [-0.4, -0.2) is 25.3 Å². The lowest BCUT2D eigenvalue weighted by Crippen LogP contribution is -2.45. The zero-order valence-corrected chi connectivity index (χ0v) is 15.3.